The van der Waals surface area contributed by atoms with E-state index in [0.717, 1.165) is 24.5 Å². The van der Waals surface area contributed by atoms with E-state index >= 15 is 0 Å². The van der Waals surface area contributed by atoms with Crippen LogP contribution in [0.3, 0.4) is 0 Å². The van der Waals surface area contributed by atoms with E-state index < -0.39 is 0 Å². The van der Waals surface area contributed by atoms with Gasteiger partial charge in [-0.05, 0) is 24.5 Å². The van der Waals surface area contributed by atoms with Crippen LogP contribution in [0, 0.1) is 0 Å². The molecule has 1 N–H and O–H groups in total. The Morgan fingerprint density at radius 2 is 2.06 bits per heavy atom. The van der Waals surface area contributed by atoms with E-state index in [9.17, 15) is 0 Å². The summed E-state index contributed by atoms with van der Waals surface area (Å²) in [5.74, 6) is 2.19. The molecule has 0 radical (unpaired) electrons. The molecular formula is C15H23NS. The molecule has 1 aromatic rings. The number of rotatable bonds is 8. The monoisotopic (exact) mass is 249 g/mol. The van der Waals surface area contributed by atoms with Gasteiger partial charge in [0, 0.05) is 24.1 Å². The molecule has 0 aromatic heterocycles. The summed E-state index contributed by atoms with van der Waals surface area (Å²) in [5, 5.41) is 3.54. The lowest BCUT2D eigenvalue weighted by molar-refractivity contribution is 0.601. The van der Waals surface area contributed by atoms with Crippen molar-refractivity contribution in [1.82, 2.24) is 5.32 Å². The van der Waals surface area contributed by atoms with Crippen molar-refractivity contribution in [1.29, 1.82) is 0 Å². The van der Waals surface area contributed by atoms with Crippen LogP contribution >= 0.6 is 11.8 Å². The number of nitrogens with one attached hydrogen (secondary N) is 1. The first kappa shape index (κ1) is 14.3. The Hall–Kier alpha value is -0.730. The predicted octanol–water partition coefficient (Wildman–Crippen LogP) is 3.82. The van der Waals surface area contributed by atoms with Gasteiger partial charge in [0.1, 0.15) is 0 Å². The number of thioether (sulfide) groups is 1. The molecule has 0 heterocycles. The lowest BCUT2D eigenvalue weighted by Gasteiger charge is -2.14. The van der Waals surface area contributed by atoms with Gasteiger partial charge in [0.15, 0.2) is 0 Å². The standard InChI is InChI=1S/C15H23NS/c1-4-11-17-12-10-16-13(3)15-8-6-14(5-2)7-9-15/h4,6-9,13,16H,1,5,10-12H2,2-3H3. The Kier molecular flexibility index (Phi) is 7.06. The van der Waals surface area contributed by atoms with Crippen LogP contribution < -0.4 is 5.32 Å². The first-order valence-electron chi connectivity index (χ1n) is 6.28. The van der Waals surface area contributed by atoms with E-state index in [-0.39, 0.29) is 0 Å². The number of aryl methyl sites for hydroxylation is 1. The maximum atomic E-state index is 3.72. The Bertz CT molecular complexity index is 318. The van der Waals surface area contributed by atoms with Gasteiger partial charge in [0.25, 0.3) is 0 Å². The second kappa shape index (κ2) is 8.37. The lowest BCUT2D eigenvalue weighted by atomic mass is 10.1. The van der Waals surface area contributed by atoms with Crippen LogP contribution in [0.15, 0.2) is 36.9 Å². The lowest BCUT2D eigenvalue weighted by Crippen LogP contribution is -2.21. The fourth-order valence-corrected chi connectivity index (χ4v) is 2.27. The summed E-state index contributed by atoms with van der Waals surface area (Å²) in [4.78, 5) is 0. The Labute approximate surface area is 110 Å². The van der Waals surface area contributed by atoms with Gasteiger partial charge in [-0.15, -0.1) is 6.58 Å². The normalized spacial score (nSPS) is 12.4. The zero-order chi connectivity index (χ0) is 12.5. The molecule has 0 bridgehead atoms. The molecule has 94 valence electrons. The maximum Gasteiger partial charge on any atom is 0.0292 e. The van der Waals surface area contributed by atoms with Crippen molar-refractivity contribution >= 4 is 11.8 Å². The molecule has 1 rings (SSSR count). The van der Waals surface area contributed by atoms with E-state index in [2.05, 4.69) is 50.0 Å². The minimum atomic E-state index is 0.435. The summed E-state index contributed by atoms with van der Waals surface area (Å²) < 4.78 is 0. The van der Waals surface area contributed by atoms with Crippen molar-refractivity contribution in [3.8, 4) is 0 Å². The molecule has 1 aromatic carbocycles. The molecular weight excluding hydrogens is 226 g/mol. The van der Waals surface area contributed by atoms with Gasteiger partial charge in [0.2, 0.25) is 0 Å². The molecule has 0 fully saturated rings. The Balaban J connectivity index is 2.30. The highest BCUT2D eigenvalue weighted by Gasteiger charge is 2.03. The quantitative estimate of drug-likeness (QED) is 0.555. The van der Waals surface area contributed by atoms with Gasteiger partial charge in [-0.1, -0.05) is 37.3 Å². The minimum Gasteiger partial charge on any atom is -0.309 e. The van der Waals surface area contributed by atoms with Crippen molar-refractivity contribution in [2.75, 3.05) is 18.1 Å². The third kappa shape index (κ3) is 5.42. The van der Waals surface area contributed by atoms with Gasteiger partial charge < -0.3 is 5.32 Å². The average molecular weight is 249 g/mol. The summed E-state index contributed by atoms with van der Waals surface area (Å²) in [5.41, 5.74) is 2.78. The molecule has 1 atom stereocenters. The van der Waals surface area contributed by atoms with Gasteiger partial charge in [0.05, 0.1) is 0 Å². The first-order valence-corrected chi connectivity index (χ1v) is 7.44. The molecule has 0 aliphatic carbocycles. The fraction of sp³-hybridized carbons (Fsp3) is 0.467. The zero-order valence-electron chi connectivity index (χ0n) is 10.9. The first-order chi connectivity index (χ1) is 8.27. The van der Waals surface area contributed by atoms with Gasteiger partial charge in [-0.2, -0.15) is 11.8 Å². The molecule has 0 amide bonds. The summed E-state index contributed by atoms with van der Waals surface area (Å²) in [6.45, 7) is 9.18. The molecule has 0 saturated heterocycles. The van der Waals surface area contributed by atoms with Gasteiger partial charge >= 0.3 is 0 Å². The van der Waals surface area contributed by atoms with Crippen LogP contribution in [0.25, 0.3) is 0 Å². The van der Waals surface area contributed by atoms with E-state index in [0.29, 0.717) is 6.04 Å². The van der Waals surface area contributed by atoms with Crippen LogP contribution in [0.4, 0.5) is 0 Å². The third-order valence-corrected chi connectivity index (χ3v) is 3.78. The molecule has 1 nitrogen and oxygen atoms in total. The maximum absolute atomic E-state index is 3.72. The summed E-state index contributed by atoms with van der Waals surface area (Å²) in [7, 11) is 0. The smallest absolute Gasteiger partial charge is 0.0292 e. The van der Waals surface area contributed by atoms with E-state index in [1.807, 2.05) is 17.8 Å². The molecule has 1 unspecified atom stereocenters. The van der Waals surface area contributed by atoms with Gasteiger partial charge in [-0.25, -0.2) is 0 Å². The van der Waals surface area contributed by atoms with Crippen molar-refractivity contribution in [2.45, 2.75) is 26.3 Å². The molecule has 17 heavy (non-hydrogen) atoms. The molecule has 0 spiro atoms. The van der Waals surface area contributed by atoms with Crippen molar-refractivity contribution in [2.24, 2.45) is 0 Å². The second-order valence-corrected chi connectivity index (χ2v) is 5.28. The van der Waals surface area contributed by atoms with E-state index in [4.69, 9.17) is 0 Å². The summed E-state index contributed by atoms with van der Waals surface area (Å²) in [6.07, 6.45) is 3.07. The molecule has 0 aliphatic rings. The molecule has 0 aliphatic heterocycles. The Morgan fingerprint density at radius 3 is 2.65 bits per heavy atom. The highest BCUT2D eigenvalue weighted by Crippen LogP contribution is 2.13. The minimum absolute atomic E-state index is 0.435. The van der Waals surface area contributed by atoms with E-state index in [1.54, 1.807) is 0 Å². The van der Waals surface area contributed by atoms with E-state index in [1.165, 1.54) is 11.1 Å². The van der Waals surface area contributed by atoms with Gasteiger partial charge in [-0.3, -0.25) is 0 Å². The van der Waals surface area contributed by atoms with Crippen LogP contribution in [0.5, 0.6) is 0 Å². The third-order valence-electron chi connectivity index (χ3n) is 2.82. The second-order valence-electron chi connectivity index (χ2n) is 4.13. The molecule has 0 saturated carbocycles. The molecule has 2 heteroatoms. The number of hydrogen-bond acceptors (Lipinski definition) is 2. The van der Waals surface area contributed by atoms with Crippen LogP contribution in [0.1, 0.15) is 31.0 Å². The highest BCUT2D eigenvalue weighted by atomic mass is 32.2. The summed E-state index contributed by atoms with van der Waals surface area (Å²) >= 11 is 1.92. The van der Waals surface area contributed by atoms with Crippen molar-refractivity contribution in [3.05, 3.63) is 48.0 Å². The van der Waals surface area contributed by atoms with Crippen molar-refractivity contribution in [3.63, 3.8) is 0 Å². The van der Waals surface area contributed by atoms with Crippen LogP contribution in [0.2, 0.25) is 0 Å². The van der Waals surface area contributed by atoms with Crippen LogP contribution in [-0.2, 0) is 6.42 Å². The number of benzene rings is 1. The largest absolute Gasteiger partial charge is 0.309 e. The van der Waals surface area contributed by atoms with Crippen LogP contribution in [-0.4, -0.2) is 18.1 Å². The highest BCUT2D eigenvalue weighted by molar-refractivity contribution is 7.99. The predicted molar refractivity (Wildman–Crippen MR) is 79.8 cm³/mol. The SMILES string of the molecule is C=CCSCCNC(C)c1ccc(CC)cc1. The zero-order valence-corrected chi connectivity index (χ0v) is 11.7. The summed E-state index contributed by atoms with van der Waals surface area (Å²) in [6, 6.07) is 9.34. The topological polar surface area (TPSA) is 12.0 Å². The number of hydrogen-bond donors (Lipinski definition) is 1. The fourth-order valence-electron chi connectivity index (χ4n) is 1.67. The van der Waals surface area contributed by atoms with Crippen molar-refractivity contribution < 1.29 is 0 Å². The average Bonchev–Trinajstić information content (AvgIpc) is 2.38. The Morgan fingerprint density at radius 1 is 1.35 bits per heavy atom.